The molecule has 1 aliphatic carbocycles. The molecule has 0 spiro atoms. The zero-order valence-electron chi connectivity index (χ0n) is 10.1. The molecule has 0 aromatic carbocycles. The monoisotopic (exact) mass is 261 g/mol. The molecule has 1 unspecified atom stereocenters. The maximum absolute atomic E-state index is 12.0. The summed E-state index contributed by atoms with van der Waals surface area (Å²) >= 11 is 0. The molecule has 0 amide bonds. The van der Waals surface area contributed by atoms with E-state index in [-0.39, 0.29) is 17.1 Å². The second kappa shape index (κ2) is 4.94. The molecule has 2 rings (SSSR count). The fraction of sp³-hybridized carbons (Fsp3) is 0.909. The molecule has 2 aliphatic rings. The van der Waals surface area contributed by atoms with Crippen LogP contribution in [0.5, 0.6) is 0 Å². The summed E-state index contributed by atoms with van der Waals surface area (Å²) in [6, 6.07) is 0. The Hall–Kier alpha value is -0.620. The summed E-state index contributed by atoms with van der Waals surface area (Å²) in [6.07, 6.45) is 3.01. The number of nitrogens with zero attached hydrogens (tertiary/aromatic N) is 1. The predicted molar refractivity (Wildman–Crippen MR) is 62.9 cm³/mol. The topological polar surface area (TPSA) is 63.7 Å². The average molecular weight is 261 g/mol. The Kier molecular flexibility index (Phi) is 3.73. The highest BCUT2D eigenvalue weighted by Gasteiger charge is 2.42. The van der Waals surface area contributed by atoms with Gasteiger partial charge < -0.3 is 4.74 Å². The van der Waals surface area contributed by atoms with Gasteiger partial charge in [-0.2, -0.15) is 0 Å². The van der Waals surface area contributed by atoms with Crippen molar-refractivity contribution in [2.45, 2.75) is 37.9 Å². The lowest BCUT2D eigenvalue weighted by atomic mass is 10.0. The van der Waals surface area contributed by atoms with Gasteiger partial charge in [-0.15, -0.1) is 0 Å². The summed E-state index contributed by atoms with van der Waals surface area (Å²) in [4.78, 5) is 11.6. The van der Waals surface area contributed by atoms with E-state index >= 15 is 0 Å². The van der Waals surface area contributed by atoms with Gasteiger partial charge in [0.1, 0.15) is 0 Å². The Balaban J connectivity index is 1.99. The second-order valence-electron chi connectivity index (χ2n) is 4.69. The number of esters is 1. The predicted octanol–water partition coefficient (Wildman–Crippen LogP) is 0.754. The summed E-state index contributed by atoms with van der Waals surface area (Å²) in [6.45, 7) is 2.97. The van der Waals surface area contributed by atoms with Crippen LogP contribution in [-0.4, -0.2) is 43.6 Å². The first-order valence-electron chi connectivity index (χ1n) is 6.21. The fourth-order valence-corrected chi connectivity index (χ4v) is 4.13. The quantitative estimate of drug-likeness (QED) is 0.701. The SMILES string of the molecule is CCOC(=O)C1CCCN(S(=O)(=O)C2CC2)C1. The summed E-state index contributed by atoms with van der Waals surface area (Å²) in [5.74, 6) is -0.541. The number of carbonyl (C=O) groups excluding carboxylic acids is 1. The Morgan fingerprint density at radius 2 is 2.06 bits per heavy atom. The van der Waals surface area contributed by atoms with Crippen LogP contribution in [0.1, 0.15) is 32.6 Å². The molecule has 1 atom stereocenters. The summed E-state index contributed by atoms with van der Waals surface area (Å²) < 4.78 is 30.5. The number of rotatable bonds is 4. The maximum Gasteiger partial charge on any atom is 0.310 e. The molecule has 5 nitrogen and oxygen atoms in total. The lowest BCUT2D eigenvalue weighted by Crippen LogP contribution is -2.44. The van der Waals surface area contributed by atoms with Crippen LogP contribution in [0.3, 0.4) is 0 Å². The first kappa shape index (κ1) is 12.8. The van der Waals surface area contributed by atoms with E-state index in [0.717, 1.165) is 25.7 Å². The van der Waals surface area contributed by atoms with E-state index in [4.69, 9.17) is 4.74 Å². The van der Waals surface area contributed by atoms with Crippen molar-refractivity contribution >= 4 is 16.0 Å². The van der Waals surface area contributed by atoms with Crippen molar-refractivity contribution in [3.05, 3.63) is 0 Å². The highest BCUT2D eigenvalue weighted by atomic mass is 32.2. The Morgan fingerprint density at radius 1 is 1.35 bits per heavy atom. The van der Waals surface area contributed by atoms with Gasteiger partial charge in [0.15, 0.2) is 0 Å². The van der Waals surface area contributed by atoms with Crippen LogP contribution in [0.25, 0.3) is 0 Å². The van der Waals surface area contributed by atoms with Crippen molar-refractivity contribution in [1.82, 2.24) is 4.31 Å². The number of carbonyl (C=O) groups is 1. The molecule has 0 radical (unpaired) electrons. The van der Waals surface area contributed by atoms with Gasteiger partial charge in [0.25, 0.3) is 0 Å². The van der Waals surface area contributed by atoms with Crippen molar-refractivity contribution in [1.29, 1.82) is 0 Å². The van der Waals surface area contributed by atoms with Crippen LogP contribution >= 0.6 is 0 Å². The van der Waals surface area contributed by atoms with Crippen LogP contribution in [0, 0.1) is 5.92 Å². The zero-order chi connectivity index (χ0) is 12.5. The smallest absolute Gasteiger partial charge is 0.310 e. The molecule has 0 N–H and O–H groups in total. The summed E-state index contributed by atoms with van der Waals surface area (Å²) in [5, 5.41) is -0.191. The van der Waals surface area contributed by atoms with E-state index in [2.05, 4.69) is 0 Å². The fourth-order valence-electron chi connectivity index (χ4n) is 2.20. The first-order valence-corrected chi connectivity index (χ1v) is 7.71. The van der Waals surface area contributed by atoms with Gasteiger partial charge >= 0.3 is 5.97 Å². The molecule has 0 aromatic rings. The van der Waals surface area contributed by atoms with Crippen LogP contribution < -0.4 is 0 Å². The molecular formula is C11H19NO4S. The van der Waals surface area contributed by atoms with Crippen molar-refractivity contribution < 1.29 is 17.9 Å². The number of hydrogen-bond donors (Lipinski definition) is 0. The summed E-state index contributed by atoms with van der Waals surface area (Å²) in [7, 11) is -3.14. The second-order valence-corrected chi connectivity index (χ2v) is 6.91. The Labute approximate surface area is 102 Å². The third-order valence-electron chi connectivity index (χ3n) is 3.31. The largest absolute Gasteiger partial charge is 0.466 e. The van der Waals surface area contributed by atoms with Gasteiger partial charge in [-0.1, -0.05) is 0 Å². The molecule has 1 heterocycles. The van der Waals surface area contributed by atoms with Gasteiger partial charge in [-0.05, 0) is 32.6 Å². The van der Waals surface area contributed by atoms with Gasteiger partial charge in [0, 0.05) is 13.1 Å². The summed E-state index contributed by atoms with van der Waals surface area (Å²) in [5.41, 5.74) is 0. The van der Waals surface area contributed by atoms with Gasteiger partial charge in [-0.25, -0.2) is 12.7 Å². The Morgan fingerprint density at radius 3 is 2.65 bits per heavy atom. The van der Waals surface area contributed by atoms with E-state index in [1.807, 2.05) is 0 Å². The van der Waals surface area contributed by atoms with E-state index in [0.29, 0.717) is 19.7 Å². The minimum Gasteiger partial charge on any atom is -0.466 e. The molecule has 98 valence electrons. The van der Waals surface area contributed by atoms with Crippen molar-refractivity contribution in [3.8, 4) is 0 Å². The third-order valence-corrected chi connectivity index (χ3v) is 5.67. The molecule has 6 heteroatoms. The van der Waals surface area contributed by atoms with E-state index in [9.17, 15) is 13.2 Å². The normalized spacial score (nSPS) is 26.8. The lowest BCUT2D eigenvalue weighted by molar-refractivity contribution is -0.149. The average Bonchev–Trinajstić information content (AvgIpc) is 3.13. The molecule has 1 saturated carbocycles. The van der Waals surface area contributed by atoms with E-state index in [1.54, 1.807) is 6.92 Å². The van der Waals surface area contributed by atoms with Crippen molar-refractivity contribution in [2.75, 3.05) is 19.7 Å². The maximum atomic E-state index is 12.0. The van der Waals surface area contributed by atoms with Crippen molar-refractivity contribution in [3.63, 3.8) is 0 Å². The van der Waals surface area contributed by atoms with Gasteiger partial charge in [0.2, 0.25) is 10.0 Å². The number of sulfonamides is 1. The van der Waals surface area contributed by atoms with Crippen LogP contribution in [0.15, 0.2) is 0 Å². The number of hydrogen-bond acceptors (Lipinski definition) is 4. The van der Waals surface area contributed by atoms with Gasteiger partial charge in [0.05, 0.1) is 17.8 Å². The van der Waals surface area contributed by atoms with Crippen LogP contribution in [0.4, 0.5) is 0 Å². The first-order chi connectivity index (χ1) is 8.05. The van der Waals surface area contributed by atoms with Crippen LogP contribution in [0.2, 0.25) is 0 Å². The number of ether oxygens (including phenoxy) is 1. The zero-order valence-corrected chi connectivity index (χ0v) is 10.9. The number of piperidine rings is 1. The molecule has 17 heavy (non-hydrogen) atoms. The minimum atomic E-state index is -3.14. The minimum absolute atomic E-state index is 0.191. The third kappa shape index (κ3) is 2.80. The highest BCUT2D eigenvalue weighted by molar-refractivity contribution is 7.90. The van der Waals surface area contributed by atoms with Crippen LogP contribution in [-0.2, 0) is 19.6 Å². The van der Waals surface area contributed by atoms with Gasteiger partial charge in [-0.3, -0.25) is 4.79 Å². The molecule has 2 fully saturated rings. The van der Waals surface area contributed by atoms with Crippen molar-refractivity contribution in [2.24, 2.45) is 5.92 Å². The lowest BCUT2D eigenvalue weighted by Gasteiger charge is -2.30. The molecule has 1 aliphatic heterocycles. The molecule has 1 saturated heterocycles. The molecular weight excluding hydrogens is 242 g/mol. The Bertz CT molecular complexity index is 388. The highest BCUT2D eigenvalue weighted by Crippen LogP contribution is 2.33. The van der Waals surface area contributed by atoms with E-state index in [1.165, 1.54) is 4.31 Å². The molecule has 0 bridgehead atoms. The van der Waals surface area contributed by atoms with E-state index < -0.39 is 10.0 Å². The molecule has 0 aromatic heterocycles. The standard InChI is InChI=1S/C11H19NO4S/c1-2-16-11(13)9-4-3-7-12(8-9)17(14,15)10-5-6-10/h9-10H,2-8H2,1H3.